The molecule has 0 radical (unpaired) electrons. The summed E-state index contributed by atoms with van der Waals surface area (Å²) >= 11 is 0. The summed E-state index contributed by atoms with van der Waals surface area (Å²) in [7, 11) is 6.55. The summed E-state index contributed by atoms with van der Waals surface area (Å²) in [5, 5.41) is 0. The summed E-state index contributed by atoms with van der Waals surface area (Å²) in [4.78, 5) is 0. The molecule has 0 amide bonds. The fraction of sp³-hybridized carbons (Fsp3) is 0.357. The lowest BCUT2D eigenvalue weighted by molar-refractivity contribution is 0.120. The molecule has 0 aromatic heterocycles. The van der Waals surface area contributed by atoms with Gasteiger partial charge in [0.2, 0.25) is 0 Å². The maximum Gasteiger partial charge on any atom is 0.122 e. The van der Waals surface area contributed by atoms with E-state index in [0.717, 1.165) is 58.1 Å². The molecule has 0 heterocycles. The molecule has 1 aliphatic carbocycles. The first-order chi connectivity index (χ1) is 16.5. The van der Waals surface area contributed by atoms with Gasteiger partial charge in [0.1, 0.15) is 23.0 Å². The van der Waals surface area contributed by atoms with E-state index in [4.69, 9.17) is 28.4 Å². The first kappa shape index (κ1) is 25.4. The van der Waals surface area contributed by atoms with Gasteiger partial charge in [0.25, 0.3) is 0 Å². The van der Waals surface area contributed by atoms with Crippen LogP contribution in [0.1, 0.15) is 24.0 Å². The monoisotopic (exact) mass is 466 g/mol. The van der Waals surface area contributed by atoms with Gasteiger partial charge >= 0.3 is 0 Å². The van der Waals surface area contributed by atoms with Crippen LogP contribution in [0.2, 0.25) is 0 Å². The van der Waals surface area contributed by atoms with Gasteiger partial charge in [-0.2, -0.15) is 0 Å². The third kappa shape index (κ3) is 6.43. The fourth-order valence-corrected chi connectivity index (χ4v) is 3.90. The quantitative estimate of drug-likeness (QED) is 0.335. The molecule has 0 saturated heterocycles. The van der Waals surface area contributed by atoms with E-state index in [-0.39, 0.29) is 0 Å². The van der Waals surface area contributed by atoms with Gasteiger partial charge in [0.05, 0.1) is 54.9 Å². The Balaban J connectivity index is 1.48. The maximum absolute atomic E-state index is 5.91. The van der Waals surface area contributed by atoms with E-state index < -0.39 is 0 Å². The minimum Gasteiger partial charge on any atom is -0.497 e. The summed E-state index contributed by atoms with van der Waals surface area (Å²) in [6, 6.07) is 11.5. The molecule has 0 atom stereocenters. The number of allylic oxidation sites excluding steroid dienone is 2. The topological polar surface area (TPSA) is 55.4 Å². The first-order valence-corrected chi connectivity index (χ1v) is 11.2. The number of methoxy groups -OCH3 is 4. The van der Waals surface area contributed by atoms with E-state index in [1.165, 1.54) is 11.1 Å². The minimum atomic E-state index is 0.483. The Morgan fingerprint density at radius 1 is 0.529 bits per heavy atom. The molecule has 2 aromatic rings. The van der Waals surface area contributed by atoms with Crippen molar-refractivity contribution in [3.63, 3.8) is 0 Å². The zero-order chi connectivity index (χ0) is 24.5. The second-order valence-electron chi connectivity index (χ2n) is 7.96. The van der Waals surface area contributed by atoms with Gasteiger partial charge in [-0.25, -0.2) is 0 Å². The highest BCUT2D eigenvalue weighted by atomic mass is 16.5. The first-order valence-electron chi connectivity index (χ1n) is 11.2. The number of hydrogen-bond acceptors (Lipinski definition) is 6. The highest BCUT2D eigenvalue weighted by Gasteiger charge is 2.25. The summed E-state index contributed by atoms with van der Waals surface area (Å²) < 4.78 is 33.1. The third-order valence-electron chi connectivity index (χ3n) is 5.81. The molecule has 0 fully saturated rings. The number of ether oxygens (including phenoxy) is 6. The Labute approximate surface area is 202 Å². The van der Waals surface area contributed by atoms with Crippen molar-refractivity contribution in [1.82, 2.24) is 0 Å². The Bertz CT molecular complexity index is 925. The van der Waals surface area contributed by atoms with Crippen molar-refractivity contribution >= 4 is 0 Å². The Morgan fingerprint density at radius 3 is 1.15 bits per heavy atom. The van der Waals surface area contributed by atoms with Gasteiger partial charge in [-0.1, -0.05) is 13.2 Å². The zero-order valence-corrected chi connectivity index (χ0v) is 20.6. The van der Waals surface area contributed by atoms with E-state index >= 15 is 0 Å². The molecule has 2 aromatic carbocycles. The molecule has 3 rings (SSSR count). The molecule has 6 heteroatoms. The van der Waals surface area contributed by atoms with Gasteiger partial charge in [-0.15, -0.1) is 0 Å². The van der Waals surface area contributed by atoms with Crippen LogP contribution in [0.5, 0.6) is 23.0 Å². The molecular weight excluding hydrogens is 432 g/mol. The molecule has 0 saturated carbocycles. The lowest BCUT2D eigenvalue weighted by Gasteiger charge is -2.29. The molecule has 6 nitrogen and oxygen atoms in total. The van der Waals surface area contributed by atoms with Gasteiger partial charge in [-0.05, 0) is 70.5 Å². The van der Waals surface area contributed by atoms with Crippen molar-refractivity contribution in [2.24, 2.45) is 0 Å². The Kier molecular flexibility index (Phi) is 9.19. The van der Waals surface area contributed by atoms with Gasteiger partial charge < -0.3 is 28.4 Å². The van der Waals surface area contributed by atoms with Crippen LogP contribution in [0.25, 0.3) is 0 Å². The van der Waals surface area contributed by atoms with Crippen molar-refractivity contribution in [2.45, 2.75) is 26.1 Å². The average Bonchev–Trinajstić information content (AvgIpc) is 2.88. The summed E-state index contributed by atoms with van der Waals surface area (Å²) in [6.07, 6.45) is 1.59. The SMILES string of the molecule is C=C1C(=C)C(CCOCc2cc(OC)cc(OC)c2)=C1CCOCc1cc(OC)cc(OC)c1. The maximum atomic E-state index is 5.91. The molecular formula is C28H34O6. The van der Waals surface area contributed by atoms with Crippen LogP contribution in [0.3, 0.4) is 0 Å². The molecule has 182 valence electrons. The number of benzene rings is 2. The van der Waals surface area contributed by atoms with Crippen LogP contribution in [0, 0.1) is 0 Å². The number of hydrogen-bond donors (Lipinski definition) is 0. The normalized spacial score (nSPS) is 13.1. The molecule has 0 N–H and O–H groups in total. The highest BCUT2D eigenvalue weighted by molar-refractivity contribution is 5.67. The third-order valence-corrected chi connectivity index (χ3v) is 5.81. The fourth-order valence-electron chi connectivity index (χ4n) is 3.90. The van der Waals surface area contributed by atoms with Crippen LogP contribution >= 0.6 is 0 Å². The van der Waals surface area contributed by atoms with Gasteiger partial charge in [0.15, 0.2) is 0 Å². The second-order valence-corrected chi connectivity index (χ2v) is 7.96. The van der Waals surface area contributed by atoms with Crippen molar-refractivity contribution in [1.29, 1.82) is 0 Å². The highest BCUT2D eigenvalue weighted by Crippen LogP contribution is 2.41. The van der Waals surface area contributed by atoms with E-state index in [9.17, 15) is 0 Å². The second kappa shape index (κ2) is 12.3. The zero-order valence-electron chi connectivity index (χ0n) is 20.6. The van der Waals surface area contributed by atoms with Crippen LogP contribution in [-0.2, 0) is 22.7 Å². The molecule has 0 spiro atoms. The standard InChI is InChI=1S/C28H34O6/c1-19-20(2)28(8-10-34-18-22-13-25(31-5)16-26(14-22)32-6)27(19)7-9-33-17-21-11-23(29-3)15-24(12-21)30-4/h11-16H,1-2,7-10,17-18H2,3-6H3. The predicted molar refractivity (Wildman–Crippen MR) is 133 cm³/mol. The molecule has 0 unspecified atom stereocenters. The van der Waals surface area contributed by atoms with Crippen LogP contribution in [0.4, 0.5) is 0 Å². The lowest BCUT2D eigenvalue weighted by Crippen LogP contribution is -2.15. The smallest absolute Gasteiger partial charge is 0.122 e. The largest absolute Gasteiger partial charge is 0.497 e. The number of rotatable bonds is 14. The Morgan fingerprint density at radius 2 is 0.853 bits per heavy atom. The van der Waals surface area contributed by atoms with E-state index in [2.05, 4.69) is 13.2 Å². The summed E-state index contributed by atoms with van der Waals surface area (Å²) in [5.74, 6) is 3.00. The predicted octanol–water partition coefficient (Wildman–Crippen LogP) is 5.66. The van der Waals surface area contributed by atoms with Crippen LogP contribution in [-0.4, -0.2) is 41.7 Å². The van der Waals surface area contributed by atoms with Crippen LogP contribution in [0.15, 0.2) is 71.8 Å². The van der Waals surface area contributed by atoms with E-state index in [1.807, 2.05) is 36.4 Å². The van der Waals surface area contributed by atoms with E-state index in [1.54, 1.807) is 28.4 Å². The van der Waals surface area contributed by atoms with Crippen molar-refractivity contribution in [3.05, 3.63) is 83.0 Å². The minimum absolute atomic E-state index is 0.483. The van der Waals surface area contributed by atoms with Crippen molar-refractivity contribution in [2.75, 3.05) is 41.7 Å². The summed E-state index contributed by atoms with van der Waals surface area (Å²) in [5.41, 5.74) is 6.48. The molecule has 34 heavy (non-hydrogen) atoms. The van der Waals surface area contributed by atoms with Crippen LogP contribution < -0.4 is 18.9 Å². The van der Waals surface area contributed by atoms with E-state index in [0.29, 0.717) is 26.4 Å². The van der Waals surface area contributed by atoms with Crippen molar-refractivity contribution in [3.8, 4) is 23.0 Å². The van der Waals surface area contributed by atoms with Crippen molar-refractivity contribution < 1.29 is 28.4 Å². The lowest BCUT2D eigenvalue weighted by atomic mass is 9.76. The summed E-state index contributed by atoms with van der Waals surface area (Å²) in [6.45, 7) is 10.5. The van der Waals surface area contributed by atoms with Gasteiger partial charge in [-0.3, -0.25) is 0 Å². The average molecular weight is 467 g/mol. The molecule has 1 aliphatic rings. The Hall–Kier alpha value is -3.22. The molecule has 0 bridgehead atoms. The molecule has 0 aliphatic heterocycles. The van der Waals surface area contributed by atoms with Gasteiger partial charge in [0, 0.05) is 12.1 Å².